The van der Waals surface area contributed by atoms with Gasteiger partial charge in [-0.1, -0.05) is 0 Å². The molecule has 21 heavy (non-hydrogen) atoms. The maximum absolute atomic E-state index is 13.2. The van der Waals surface area contributed by atoms with E-state index in [1.54, 1.807) is 0 Å². The Morgan fingerprint density at radius 2 is 1.95 bits per heavy atom. The summed E-state index contributed by atoms with van der Waals surface area (Å²) in [5.41, 5.74) is 4.26. The molecule has 1 heterocycles. The van der Waals surface area contributed by atoms with E-state index in [2.05, 4.69) is 4.74 Å². The van der Waals surface area contributed by atoms with Gasteiger partial charge in [0.25, 0.3) is 0 Å². The number of hydrogen-bond donors (Lipinski definition) is 1. The van der Waals surface area contributed by atoms with Gasteiger partial charge in [0.15, 0.2) is 0 Å². The van der Waals surface area contributed by atoms with Crippen molar-refractivity contribution in [1.82, 2.24) is 0 Å². The summed E-state index contributed by atoms with van der Waals surface area (Å²) in [6.07, 6.45) is -4.56. The number of hydrogen-bond acceptors (Lipinski definition) is 5. The molecule has 0 aromatic heterocycles. The summed E-state index contributed by atoms with van der Waals surface area (Å²) < 4.78 is 49.2. The van der Waals surface area contributed by atoms with E-state index in [4.69, 9.17) is 10.5 Å². The van der Waals surface area contributed by atoms with Gasteiger partial charge in [0.2, 0.25) is 0 Å². The highest BCUT2D eigenvalue weighted by molar-refractivity contribution is 5.96. The second-order valence-corrected chi connectivity index (χ2v) is 4.55. The van der Waals surface area contributed by atoms with Crippen molar-refractivity contribution in [2.24, 2.45) is 0 Å². The molecule has 2 rings (SSSR count). The van der Waals surface area contributed by atoms with Crippen molar-refractivity contribution in [3.8, 4) is 0 Å². The molecule has 1 aliphatic heterocycles. The Bertz CT molecular complexity index is 540. The van der Waals surface area contributed by atoms with Crippen molar-refractivity contribution >= 4 is 17.3 Å². The van der Waals surface area contributed by atoms with E-state index >= 15 is 0 Å². The molecule has 0 radical (unpaired) electrons. The van der Waals surface area contributed by atoms with Gasteiger partial charge in [-0.3, -0.25) is 0 Å². The third-order valence-electron chi connectivity index (χ3n) is 3.23. The van der Waals surface area contributed by atoms with Gasteiger partial charge in [0.05, 0.1) is 37.1 Å². The minimum absolute atomic E-state index is 0.0769. The van der Waals surface area contributed by atoms with Gasteiger partial charge in [-0.15, -0.1) is 0 Å². The molecule has 0 spiro atoms. The molecule has 1 aromatic rings. The summed E-state index contributed by atoms with van der Waals surface area (Å²) in [7, 11) is 1.15. The second kappa shape index (κ2) is 5.80. The van der Waals surface area contributed by atoms with E-state index in [0.717, 1.165) is 19.2 Å². The lowest BCUT2D eigenvalue weighted by atomic mass is 10.0. The number of ether oxygens (including phenoxy) is 2. The van der Waals surface area contributed by atoms with Crippen LogP contribution in [-0.2, 0) is 15.7 Å². The Kier molecular flexibility index (Phi) is 4.26. The van der Waals surface area contributed by atoms with Gasteiger partial charge < -0.3 is 20.1 Å². The van der Waals surface area contributed by atoms with E-state index in [-0.39, 0.29) is 16.9 Å². The van der Waals surface area contributed by atoms with Crippen LogP contribution in [0.5, 0.6) is 0 Å². The van der Waals surface area contributed by atoms with Crippen molar-refractivity contribution in [3.05, 3.63) is 23.3 Å². The molecule has 0 amide bonds. The van der Waals surface area contributed by atoms with Gasteiger partial charge in [-0.05, 0) is 12.1 Å². The molecule has 0 saturated carbocycles. The lowest BCUT2D eigenvalue weighted by Crippen LogP contribution is -2.37. The Hall–Kier alpha value is -1.96. The number of anilines is 2. The summed E-state index contributed by atoms with van der Waals surface area (Å²) >= 11 is 0. The summed E-state index contributed by atoms with van der Waals surface area (Å²) in [6, 6.07) is 1.91. The first-order valence-electron chi connectivity index (χ1n) is 6.26. The largest absolute Gasteiger partial charge is 0.465 e. The predicted molar refractivity (Wildman–Crippen MR) is 70.2 cm³/mol. The topological polar surface area (TPSA) is 64.8 Å². The van der Waals surface area contributed by atoms with Gasteiger partial charge in [-0.25, -0.2) is 4.79 Å². The second-order valence-electron chi connectivity index (χ2n) is 4.55. The maximum Gasteiger partial charge on any atom is 0.418 e. The summed E-state index contributed by atoms with van der Waals surface area (Å²) in [5, 5.41) is 0. The van der Waals surface area contributed by atoms with Gasteiger partial charge in [0.1, 0.15) is 0 Å². The van der Waals surface area contributed by atoms with Crippen LogP contribution < -0.4 is 10.6 Å². The fourth-order valence-corrected chi connectivity index (χ4v) is 2.18. The molecule has 0 atom stereocenters. The summed E-state index contributed by atoms with van der Waals surface area (Å²) in [6.45, 7) is 1.28. The lowest BCUT2D eigenvalue weighted by molar-refractivity contribution is -0.137. The van der Waals surface area contributed by atoms with Crippen molar-refractivity contribution in [2.75, 3.05) is 44.0 Å². The third kappa shape index (κ3) is 3.21. The van der Waals surface area contributed by atoms with E-state index in [0.29, 0.717) is 26.3 Å². The number of morpholine rings is 1. The first-order chi connectivity index (χ1) is 9.84. The molecule has 1 fully saturated rings. The number of nitrogens with zero attached hydrogens (tertiary/aromatic N) is 1. The van der Waals surface area contributed by atoms with Crippen molar-refractivity contribution < 1.29 is 27.4 Å². The first kappa shape index (κ1) is 15.4. The monoisotopic (exact) mass is 304 g/mol. The van der Waals surface area contributed by atoms with Crippen LogP contribution in [0.25, 0.3) is 0 Å². The molecular formula is C13H15F3N2O3. The fraction of sp³-hybridized carbons (Fsp3) is 0.462. The Morgan fingerprint density at radius 3 is 2.48 bits per heavy atom. The molecule has 0 aliphatic carbocycles. The van der Waals surface area contributed by atoms with Crippen LogP contribution in [0.1, 0.15) is 15.9 Å². The van der Waals surface area contributed by atoms with Crippen LogP contribution in [0, 0.1) is 0 Å². The zero-order valence-electron chi connectivity index (χ0n) is 11.4. The van der Waals surface area contributed by atoms with Crippen molar-refractivity contribution in [3.63, 3.8) is 0 Å². The molecule has 5 nitrogen and oxygen atoms in total. The van der Waals surface area contributed by atoms with E-state index in [9.17, 15) is 18.0 Å². The number of rotatable bonds is 2. The standard InChI is InChI=1S/C13H15F3N2O3/c1-20-12(19)8-6-11(18-2-4-21-5-3-18)9(7-10(8)17)13(14,15)16/h6-7H,2-5,17H2,1H3. The van der Waals surface area contributed by atoms with Crippen LogP contribution in [0.3, 0.4) is 0 Å². The number of methoxy groups -OCH3 is 1. The minimum atomic E-state index is -4.56. The normalized spacial score (nSPS) is 15.9. The molecule has 1 aliphatic rings. The lowest BCUT2D eigenvalue weighted by Gasteiger charge is -2.31. The van der Waals surface area contributed by atoms with Crippen LogP contribution in [-0.4, -0.2) is 39.4 Å². The highest BCUT2D eigenvalue weighted by Gasteiger charge is 2.36. The van der Waals surface area contributed by atoms with Crippen LogP contribution in [0.2, 0.25) is 0 Å². The zero-order chi connectivity index (χ0) is 15.6. The minimum Gasteiger partial charge on any atom is -0.465 e. The van der Waals surface area contributed by atoms with Crippen molar-refractivity contribution in [2.45, 2.75) is 6.18 Å². The molecule has 1 aromatic carbocycles. The average molecular weight is 304 g/mol. The number of esters is 1. The first-order valence-corrected chi connectivity index (χ1v) is 6.26. The number of carbonyl (C=O) groups is 1. The number of carbonyl (C=O) groups excluding carboxylic acids is 1. The Morgan fingerprint density at radius 1 is 1.33 bits per heavy atom. The highest BCUT2D eigenvalue weighted by Crippen LogP contribution is 2.39. The van der Waals surface area contributed by atoms with Gasteiger partial charge in [0, 0.05) is 18.8 Å². The van der Waals surface area contributed by atoms with E-state index in [1.807, 2.05) is 0 Å². The fourth-order valence-electron chi connectivity index (χ4n) is 2.18. The maximum atomic E-state index is 13.2. The highest BCUT2D eigenvalue weighted by atomic mass is 19.4. The number of nitrogens with two attached hydrogens (primary N) is 1. The van der Waals surface area contributed by atoms with Crippen LogP contribution >= 0.6 is 0 Å². The number of alkyl halides is 3. The molecule has 2 N–H and O–H groups in total. The van der Waals surface area contributed by atoms with Gasteiger partial charge in [-0.2, -0.15) is 13.2 Å². The number of nitrogen functional groups attached to an aromatic ring is 1. The molecule has 0 bridgehead atoms. The quantitative estimate of drug-likeness (QED) is 0.668. The number of halogens is 3. The molecule has 1 saturated heterocycles. The van der Waals surface area contributed by atoms with Crippen molar-refractivity contribution in [1.29, 1.82) is 0 Å². The average Bonchev–Trinajstić information content (AvgIpc) is 2.46. The van der Waals surface area contributed by atoms with Crippen LogP contribution in [0.15, 0.2) is 12.1 Å². The van der Waals surface area contributed by atoms with E-state index in [1.165, 1.54) is 4.90 Å². The third-order valence-corrected chi connectivity index (χ3v) is 3.23. The SMILES string of the molecule is COC(=O)c1cc(N2CCOCC2)c(C(F)(F)F)cc1N. The molecule has 8 heteroatoms. The summed E-state index contributed by atoms with van der Waals surface area (Å²) in [5.74, 6) is -0.768. The Labute approximate surface area is 119 Å². The molecular weight excluding hydrogens is 289 g/mol. The molecule has 116 valence electrons. The zero-order valence-corrected chi connectivity index (χ0v) is 11.4. The smallest absolute Gasteiger partial charge is 0.418 e. The number of benzene rings is 1. The van der Waals surface area contributed by atoms with E-state index < -0.39 is 17.7 Å². The van der Waals surface area contributed by atoms with Crippen LogP contribution in [0.4, 0.5) is 24.5 Å². The summed E-state index contributed by atoms with van der Waals surface area (Å²) in [4.78, 5) is 13.1. The predicted octanol–water partition coefficient (Wildman–Crippen LogP) is 1.91. The Balaban J connectivity index is 2.54. The molecule has 0 unspecified atom stereocenters. The van der Waals surface area contributed by atoms with Gasteiger partial charge >= 0.3 is 12.1 Å².